The Morgan fingerprint density at radius 3 is 2.68 bits per heavy atom. The number of nitro groups is 1. The molecular formula is C14H19FN2O2. The van der Waals surface area contributed by atoms with Crippen molar-refractivity contribution in [2.45, 2.75) is 39.2 Å². The van der Waals surface area contributed by atoms with Crippen LogP contribution in [0.15, 0.2) is 18.2 Å². The molecule has 3 unspecified atom stereocenters. The lowest BCUT2D eigenvalue weighted by atomic mass is 9.79. The van der Waals surface area contributed by atoms with Crippen molar-refractivity contribution in [1.82, 2.24) is 0 Å². The highest BCUT2D eigenvalue weighted by Crippen LogP contribution is 2.32. The van der Waals surface area contributed by atoms with Crippen molar-refractivity contribution in [3.05, 3.63) is 34.1 Å². The molecule has 1 aliphatic carbocycles. The molecule has 0 aliphatic heterocycles. The van der Waals surface area contributed by atoms with Crippen molar-refractivity contribution in [3.63, 3.8) is 0 Å². The highest BCUT2D eigenvalue weighted by molar-refractivity contribution is 5.52. The largest absolute Gasteiger partial charge is 0.380 e. The van der Waals surface area contributed by atoms with E-state index in [4.69, 9.17) is 0 Å². The quantitative estimate of drug-likeness (QED) is 0.665. The summed E-state index contributed by atoms with van der Waals surface area (Å²) in [5, 5.41) is 13.8. The van der Waals surface area contributed by atoms with Gasteiger partial charge in [-0.25, -0.2) is 4.39 Å². The molecule has 4 nitrogen and oxygen atoms in total. The van der Waals surface area contributed by atoms with Gasteiger partial charge in [0.05, 0.1) is 10.6 Å². The normalized spacial score (nSPS) is 27.0. The third-order valence-electron chi connectivity index (χ3n) is 4.12. The lowest BCUT2D eigenvalue weighted by Gasteiger charge is -2.33. The monoisotopic (exact) mass is 266 g/mol. The van der Waals surface area contributed by atoms with E-state index in [1.165, 1.54) is 12.1 Å². The first kappa shape index (κ1) is 13.8. The van der Waals surface area contributed by atoms with E-state index >= 15 is 0 Å². The molecule has 1 fully saturated rings. The number of anilines is 1. The van der Waals surface area contributed by atoms with Crippen LogP contribution in [0.3, 0.4) is 0 Å². The minimum Gasteiger partial charge on any atom is -0.380 e. The molecule has 104 valence electrons. The van der Waals surface area contributed by atoms with Crippen molar-refractivity contribution in [1.29, 1.82) is 0 Å². The topological polar surface area (TPSA) is 55.2 Å². The summed E-state index contributed by atoms with van der Waals surface area (Å²) in [4.78, 5) is 10.2. The smallest absolute Gasteiger partial charge is 0.271 e. The van der Waals surface area contributed by atoms with E-state index in [2.05, 4.69) is 19.2 Å². The van der Waals surface area contributed by atoms with Gasteiger partial charge in [0.15, 0.2) is 0 Å². The van der Waals surface area contributed by atoms with Crippen LogP contribution in [0.2, 0.25) is 0 Å². The van der Waals surface area contributed by atoms with Crippen LogP contribution in [0.4, 0.5) is 15.8 Å². The van der Waals surface area contributed by atoms with Gasteiger partial charge >= 0.3 is 0 Å². The number of nitrogens with zero attached hydrogens (tertiary/aromatic N) is 1. The Labute approximate surface area is 112 Å². The van der Waals surface area contributed by atoms with Crippen LogP contribution in [0.1, 0.15) is 33.1 Å². The van der Waals surface area contributed by atoms with Crippen molar-refractivity contribution < 1.29 is 9.31 Å². The minimum absolute atomic E-state index is 0.0823. The minimum atomic E-state index is -0.504. The van der Waals surface area contributed by atoms with Crippen LogP contribution in [-0.2, 0) is 0 Å². The second-order valence-corrected chi connectivity index (χ2v) is 5.53. The van der Waals surface area contributed by atoms with Crippen LogP contribution in [0.5, 0.6) is 0 Å². The third kappa shape index (κ3) is 3.22. The van der Waals surface area contributed by atoms with Gasteiger partial charge in [-0.1, -0.05) is 13.8 Å². The lowest BCUT2D eigenvalue weighted by molar-refractivity contribution is -0.384. The van der Waals surface area contributed by atoms with Crippen LogP contribution in [0, 0.1) is 27.8 Å². The summed E-state index contributed by atoms with van der Waals surface area (Å²) in [6.07, 6.45) is 3.06. The number of nitrogens with one attached hydrogen (secondary N) is 1. The van der Waals surface area contributed by atoms with Crippen LogP contribution >= 0.6 is 0 Å². The fourth-order valence-corrected chi connectivity index (χ4v) is 2.64. The maximum Gasteiger partial charge on any atom is 0.271 e. The molecule has 0 aromatic heterocycles. The second kappa shape index (κ2) is 5.55. The van der Waals surface area contributed by atoms with E-state index in [-0.39, 0.29) is 17.4 Å². The van der Waals surface area contributed by atoms with Crippen molar-refractivity contribution in [2.75, 3.05) is 5.32 Å². The fraction of sp³-hybridized carbons (Fsp3) is 0.571. The second-order valence-electron chi connectivity index (χ2n) is 5.53. The Bertz CT molecular complexity index is 479. The molecule has 0 saturated heterocycles. The standard InChI is InChI=1S/C14H19FN2O2/c1-9-3-4-11(7-10(9)2)16-14-8-12(17(18)19)5-6-13(14)15/h5-6,8-11,16H,3-4,7H2,1-2H3. The number of rotatable bonds is 3. The summed E-state index contributed by atoms with van der Waals surface area (Å²) in [5.41, 5.74) is 0.155. The van der Waals surface area contributed by atoms with Crippen LogP contribution < -0.4 is 5.32 Å². The first-order valence-corrected chi connectivity index (χ1v) is 6.68. The van der Waals surface area contributed by atoms with E-state index in [9.17, 15) is 14.5 Å². The predicted octanol–water partition coefficient (Wildman–Crippen LogP) is 3.97. The summed E-state index contributed by atoms with van der Waals surface area (Å²) in [6.45, 7) is 4.43. The molecular weight excluding hydrogens is 247 g/mol. The number of hydrogen-bond donors (Lipinski definition) is 1. The summed E-state index contributed by atoms with van der Waals surface area (Å²) >= 11 is 0. The van der Waals surface area contributed by atoms with Crippen LogP contribution in [-0.4, -0.2) is 11.0 Å². The van der Waals surface area contributed by atoms with Gasteiger partial charge in [0.25, 0.3) is 5.69 Å². The Kier molecular flexibility index (Phi) is 4.02. The first-order chi connectivity index (χ1) is 8.97. The van der Waals surface area contributed by atoms with Crippen molar-refractivity contribution in [3.8, 4) is 0 Å². The molecule has 0 amide bonds. The highest BCUT2D eigenvalue weighted by atomic mass is 19.1. The highest BCUT2D eigenvalue weighted by Gasteiger charge is 2.25. The molecule has 1 aliphatic rings. The zero-order valence-electron chi connectivity index (χ0n) is 11.2. The van der Waals surface area contributed by atoms with Gasteiger partial charge in [0.1, 0.15) is 5.82 Å². The molecule has 0 heterocycles. The number of halogens is 1. The van der Waals surface area contributed by atoms with E-state index in [1.54, 1.807) is 0 Å². The fourth-order valence-electron chi connectivity index (χ4n) is 2.64. The number of hydrogen-bond acceptors (Lipinski definition) is 3. The maximum atomic E-state index is 13.7. The molecule has 1 aromatic rings. The predicted molar refractivity (Wildman–Crippen MR) is 72.6 cm³/mol. The molecule has 0 spiro atoms. The first-order valence-electron chi connectivity index (χ1n) is 6.68. The van der Waals surface area contributed by atoms with E-state index < -0.39 is 10.7 Å². The van der Waals surface area contributed by atoms with Crippen LogP contribution in [0.25, 0.3) is 0 Å². The Hall–Kier alpha value is -1.65. The number of nitro benzene ring substituents is 1. The van der Waals surface area contributed by atoms with Gasteiger partial charge in [-0.15, -0.1) is 0 Å². The molecule has 1 aromatic carbocycles. The van der Waals surface area contributed by atoms with Crippen molar-refractivity contribution in [2.24, 2.45) is 11.8 Å². The molecule has 1 saturated carbocycles. The van der Waals surface area contributed by atoms with Gasteiger partial charge in [0.2, 0.25) is 0 Å². The molecule has 19 heavy (non-hydrogen) atoms. The van der Waals surface area contributed by atoms with E-state index in [0.717, 1.165) is 25.3 Å². The molecule has 2 rings (SSSR count). The van der Waals surface area contributed by atoms with Gasteiger partial charge in [-0.3, -0.25) is 10.1 Å². The lowest BCUT2D eigenvalue weighted by Crippen LogP contribution is -2.30. The van der Waals surface area contributed by atoms with Gasteiger partial charge in [-0.2, -0.15) is 0 Å². The molecule has 0 radical (unpaired) electrons. The Morgan fingerprint density at radius 1 is 1.32 bits per heavy atom. The zero-order valence-corrected chi connectivity index (χ0v) is 11.2. The molecule has 3 atom stereocenters. The van der Waals surface area contributed by atoms with Crippen molar-refractivity contribution >= 4 is 11.4 Å². The number of non-ortho nitro benzene ring substituents is 1. The van der Waals surface area contributed by atoms with E-state index in [0.29, 0.717) is 11.8 Å². The molecule has 0 bridgehead atoms. The van der Waals surface area contributed by atoms with Gasteiger partial charge in [0, 0.05) is 18.2 Å². The zero-order chi connectivity index (χ0) is 14.0. The van der Waals surface area contributed by atoms with Gasteiger partial charge < -0.3 is 5.32 Å². The Balaban J connectivity index is 2.10. The average Bonchev–Trinajstić information content (AvgIpc) is 2.36. The summed E-state index contributed by atoms with van der Waals surface area (Å²) in [6, 6.07) is 3.81. The number of benzene rings is 1. The summed E-state index contributed by atoms with van der Waals surface area (Å²) < 4.78 is 13.7. The molecule has 1 N–H and O–H groups in total. The summed E-state index contributed by atoms with van der Waals surface area (Å²) in [5.74, 6) is 0.845. The van der Waals surface area contributed by atoms with Gasteiger partial charge in [-0.05, 0) is 37.2 Å². The SMILES string of the molecule is CC1CCC(Nc2cc([N+](=O)[O-])ccc2F)CC1C. The molecule has 5 heteroatoms. The summed E-state index contributed by atoms with van der Waals surface area (Å²) in [7, 11) is 0. The Morgan fingerprint density at radius 2 is 2.05 bits per heavy atom. The average molecular weight is 266 g/mol. The third-order valence-corrected chi connectivity index (χ3v) is 4.12. The maximum absolute atomic E-state index is 13.7. The van der Waals surface area contributed by atoms with E-state index in [1.807, 2.05) is 0 Å².